The Bertz CT molecular complexity index is 576. The molecule has 0 aliphatic carbocycles. The first-order valence-corrected chi connectivity index (χ1v) is 7.80. The quantitative estimate of drug-likeness (QED) is 0.616. The van der Waals surface area contributed by atoms with Gasteiger partial charge in [0.1, 0.15) is 10.7 Å². The smallest absolute Gasteiger partial charge is 0.348 e. The molecule has 0 unspecified atom stereocenters. The number of thioether (sulfide) groups is 1. The summed E-state index contributed by atoms with van der Waals surface area (Å²) in [7, 11) is 0. The molecule has 0 bridgehead atoms. The van der Waals surface area contributed by atoms with Crippen LogP contribution in [0, 0.1) is 5.82 Å². The predicted octanol–water partition coefficient (Wildman–Crippen LogP) is 4.45. The Morgan fingerprint density at radius 2 is 2.05 bits per heavy atom. The molecule has 1 aromatic heterocycles. The van der Waals surface area contributed by atoms with Gasteiger partial charge in [0.2, 0.25) is 0 Å². The highest BCUT2D eigenvalue weighted by atomic mass is 32.2. The van der Waals surface area contributed by atoms with Crippen LogP contribution < -0.4 is 0 Å². The van der Waals surface area contributed by atoms with E-state index in [4.69, 9.17) is 4.74 Å². The van der Waals surface area contributed by atoms with E-state index in [9.17, 15) is 9.18 Å². The second-order valence-electron chi connectivity index (χ2n) is 3.74. The van der Waals surface area contributed by atoms with E-state index < -0.39 is 0 Å². The fourth-order valence-electron chi connectivity index (χ4n) is 1.66. The normalized spacial score (nSPS) is 10.5. The third-order valence-corrected chi connectivity index (χ3v) is 4.71. The van der Waals surface area contributed by atoms with Crippen molar-refractivity contribution >= 4 is 29.1 Å². The number of hydrogen-bond acceptors (Lipinski definition) is 4. The van der Waals surface area contributed by atoms with Crippen molar-refractivity contribution < 1.29 is 13.9 Å². The number of benzene rings is 1. The second-order valence-corrected chi connectivity index (χ2v) is 5.90. The van der Waals surface area contributed by atoms with Gasteiger partial charge < -0.3 is 4.74 Å². The summed E-state index contributed by atoms with van der Waals surface area (Å²) in [5.41, 5.74) is 1.62. The number of halogens is 1. The molecule has 0 spiro atoms. The van der Waals surface area contributed by atoms with E-state index >= 15 is 0 Å². The minimum Gasteiger partial charge on any atom is -0.462 e. The summed E-state index contributed by atoms with van der Waals surface area (Å²) in [4.78, 5) is 12.5. The molecule has 0 atom stereocenters. The average Bonchev–Trinajstić information content (AvgIpc) is 2.84. The number of carbonyl (C=O) groups is 1. The Morgan fingerprint density at radius 3 is 2.63 bits per heavy atom. The van der Waals surface area contributed by atoms with Crippen LogP contribution >= 0.6 is 23.1 Å². The van der Waals surface area contributed by atoms with Gasteiger partial charge in [0, 0.05) is 5.56 Å². The van der Waals surface area contributed by atoms with Crippen molar-refractivity contribution in [2.24, 2.45) is 0 Å². The van der Waals surface area contributed by atoms with Crippen molar-refractivity contribution in [3.63, 3.8) is 0 Å². The molecule has 0 fully saturated rings. The van der Waals surface area contributed by atoms with Crippen molar-refractivity contribution in [1.82, 2.24) is 0 Å². The second kappa shape index (κ2) is 6.21. The lowest BCUT2D eigenvalue weighted by Gasteiger charge is -2.03. The van der Waals surface area contributed by atoms with Crippen molar-refractivity contribution in [2.75, 3.05) is 12.9 Å². The Hall–Kier alpha value is -1.33. The lowest BCUT2D eigenvalue weighted by atomic mass is 10.1. The molecule has 100 valence electrons. The van der Waals surface area contributed by atoms with Gasteiger partial charge in [-0.1, -0.05) is 12.1 Å². The Labute approximate surface area is 119 Å². The largest absolute Gasteiger partial charge is 0.462 e. The highest BCUT2D eigenvalue weighted by molar-refractivity contribution is 8.00. The third-order valence-electron chi connectivity index (χ3n) is 2.53. The lowest BCUT2D eigenvalue weighted by molar-refractivity contribution is 0.0533. The molecule has 1 aromatic carbocycles. The van der Waals surface area contributed by atoms with Gasteiger partial charge in [-0.25, -0.2) is 9.18 Å². The zero-order valence-corrected chi connectivity index (χ0v) is 12.2. The summed E-state index contributed by atoms with van der Waals surface area (Å²) >= 11 is 2.98. The van der Waals surface area contributed by atoms with E-state index in [1.807, 2.05) is 12.3 Å². The highest BCUT2D eigenvalue weighted by Crippen LogP contribution is 2.36. The maximum absolute atomic E-state index is 13.0. The molecule has 5 heteroatoms. The molecule has 0 aliphatic heterocycles. The van der Waals surface area contributed by atoms with Gasteiger partial charge >= 0.3 is 5.97 Å². The van der Waals surface area contributed by atoms with Crippen molar-refractivity contribution in [2.45, 2.75) is 11.1 Å². The van der Waals surface area contributed by atoms with E-state index in [-0.39, 0.29) is 11.8 Å². The van der Waals surface area contributed by atoms with Crippen molar-refractivity contribution in [1.29, 1.82) is 0 Å². The number of rotatable bonds is 4. The van der Waals surface area contributed by atoms with Crippen LogP contribution in [0.5, 0.6) is 0 Å². The van der Waals surface area contributed by atoms with Gasteiger partial charge in [-0.2, -0.15) is 0 Å². The van der Waals surface area contributed by atoms with Crippen LogP contribution in [0.2, 0.25) is 0 Å². The van der Waals surface area contributed by atoms with Crippen LogP contribution in [0.15, 0.2) is 34.5 Å². The molecule has 0 saturated heterocycles. The van der Waals surface area contributed by atoms with E-state index in [0.717, 1.165) is 15.3 Å². The Kier molecular flexibility index (Phi) is 4.61. The summed E-state index contributed by atoms with van der Waals surface area (Å²) in [6.07, 6.45) is 1.95. The number of thiophene rings is 1. The zero-order valence-electron chi connectivity index (χ0n) is 10.6. The maximum Gasteiger partial charge on any atom is 0.348 e. The van der Waals surface area contributed by atoms with Crippen molar-refractivity contribution in [3.05, 3.63) is 41.0 Å². The summed E-state index contributed by atoms with van der Waals surface area (Å²) in [6, 6.07) is 8.06. The van der Waals surface area contributed by atoms with Crippen LogP contribution in [0.3, 0.4) is 0 Å². The van der Waals surface area contributed by atoms with E-state index in [1.165, 1.54) is 23.5 Å². The van der Waals surface area contributed by atoms with Crippen LogP contribution in [0.4, 0.5) is 4.39 Å². The number of carbonyl (C=O) groups excluding carboxylic acids is 1. The molecular formula is C14H13FO2S2. The molecule has 19 heavy (non-hydrogen) atoms. The summed E-state index contributed by atoms with van der Waals surface area (Å²) in [5.74, 6) is -0.617. The fraction of sp³-hybridized carbons (Fsp3) is 0.214. The minimum absolute atomic E-state index is 0.290. The summed E-state index contributed by atoms with van der Waals surface area (Å²) in [5, 5.41) is 0. The molecule has 0 N–H and O–H groups in total. The fourth-order valence-corrected chi connectivity index (χ4v) is 3.29. The topological polar surface area (TPSA) is 26.3 Å². The molecule has 0 amide bonds. The first-order valence-electron chi connectivity index (χ1n) is 5.76. The highest BCUT2D eigenvalue weighted by Gasteiger charge is 2.18. The maximum atomic E-state index is 13.0. The third kappa shape index (κ3) is 3.16. The van der Waals surface area contributed by atoms with Gasteiger partial charge in [0.15, 0.2) is 0 Å². The predicted molar refractivity (Wildman–Crippen MR) is 77.5 cm³/mol. The SMILES string of the molecule is CCOC(=O)c1sc(SC)cc1-c1ccc(F)cc1. The zero-order chi connectivity index (χ0) is 13.8. The number of esters is 1. The van der Waals surface area contributed by atoms with E-state index in [2.05, 4.69) is 0 Å². The van der Waals surface area contributed by atoms with Gasteiger partial charge in [-0.05, 0) is 36.9 Å². The van der Waals surface area contributed by atoms with Crippen molar-refractivity contribution in [3.8, 4) is 11.1 Å². The standard InChI is InChI=1S/C14H13FO2S2/c1-3-17-14(16)13-11(8-12(18-2)19-13)9-4-6-10(15)7-5-9/h4-8H,3H2,1-2H3. The van der Waals surface area contributed by atoms with E-state index in [0.29, 0.717) is 11.5 Å². The molecule has 0 radical (unpaired) electrons. The van der Waals surface area contributed by atoms with Crippen LogP contribution in [0.25, 0.3) is 11.1 Å². The first kappa shape index (κ1) is 14.1. The molecule has 0 aliphatic rings. The summed E-state index contributed by atoms with van der Waals surface area (Å²) < 4.78 is 19.1. The van der Waals surface area contributed by atoms with E-state index in [1.54, 1.807) is 30.8 Å². The molecule has 2 nitrogen and oxygen atoms in total. The Morgan fingerprint density at radius 1 is 1.37 bits per heavy atom. The molecule has 1 heterocycles. The first-order chi connectivity index (χ1) is 9.15. The lowest BCUT2D eigenvalue weighted by Crippen LogP contribution is -2.03. The van der Waals surface area contributed by atoms with Gasteiger partial charge in [-0.15, -0.1) is 23.1 Å². The van der Waals surface area contributed by atoms with Crippen LogP contribution in [0.1, 0.15) is 16.6 Å². The molecule has 0 saturated carbocycles. The molecule has 2 aromatic rings. The van der Waals surface area contributed by atoms with Gasteiger partial charge in [0.25, 0.3) is 0 Å². The van der Waals surface area contributed by atoms with Gasteiger partial charge in [-0.3, -0.25) is 0 Å². The molecule has 2 rings (SSSR count). The minimum atomic E-state index is -0.327. The number of hydrogen-bond donors (Lipinski definition) is 0. The monoisotopic (exact) mass is 296 g/mol. The van der Waals surface area contributed by atoms with Crippen LogP contribution in [-0.2, 0) is 4.74 Å². The van der Waals surface area contributed by atoms with Gasteiger partial charge in [0.05, 0.1) is 10.8 Å². The number of ether oxygens (including phenoxy) is 1. The molecular weight excluding hydrogens is 283 g/mol. The average molecular weight is 296 g/mol. The Balaban J connectivity index is 2.46. The van der Waals surface area contributed by atoms with Crippen LogP contribution in [-0.4, -0.2) is 18.8 Å². The summed E-state index contributed by atoms with van der Waals surface area (Å²) in [6.45, 7) is 2.12.